The summed E-state index contributed by atoms with van der Waals surface area (Å²) in [7, 11) is 0. The van der Waals surface area contributed by atoms with Crippen LogP contribution in [0.1, 0.15) is 32.1 Å². The van der Waals surface area contributed by atoms with Crippen molar-refractivity contribution in [2.45, 2.75) is 32.1 Å². The van der Waals surface area contributed by atoms with Gasteiger partial charge in [-0.15, -0.1) is 0 Å². The zero-order valence-electron chi connectivity index (χ0n) is 12.7. The molecule has 0 heterocycles. The summed E-state index contributed by atoms with van der Waals surface area (Å²) in [5.41, 5.74) is 0. The maximum absolute atomic E-state index is 8.70. The van der Waals surface area contributed by atoms with Crippen molar-refractivity contribution in [2.24, 2.45) is 0 Å². The predicted molar refractivity (Wildman–Crippen MR) is 97.4 cm³/mol. The van der Waals surface area contributed by atoms with Crippen LogP contribution in [0.5, 0.6) is 11.5 Å². The van der Waals surface area contributed by atoms with Crippen molar-refractivity contribution >= 4 is 46.4 Å². The Labute approximate surface area is 157 Å². The number of aliphatic hydroxyl groups excluding tert-OH is 1. The topological polar surface area (TPSA) is 38.7 Å². The van der Waals surface area contributed by atoms with Gasteiger partial charge in [-0.1, -0.05) is 65.7 Å². The normalized spacial score (nSPS) is 10.5. The van der Waals surface area contributed by atoms with Gasteiger partial charge in [0.1, 0.15) is 16.8 Å². The number of ether oxygens (including phenoxy) is 2. The minimum absolute atomic E-state index is 0.140. The Balaban J connectivity index is 2.42. The van der Waals surface area contributed by atoms with Crippen molar-refractivity contribution in [2.75, 3.05) is 19.8 Å². The summed E-state index contributed by atoms with van der Waals surface area (Å²) in [6, 6.07) is 3.28. The molecule has 7 heteroatoms. The van der Waals surface area contributed by atoms with E-state index < -0.39 is 0 Å². The van der Waals surface area contributed by atoms with E-state index in [1.54, 1.807) is 12.1 Å². The van der Waals surface area contributed by atoms with Crippen molar-refractivity contribution in [3.8, 4) is 11.5 Å². The SMILES string of the molecule is OCCCCCCCOc1c(Cl)cc(OCC=C(Cl)Cl)cc1Cl. The second-order valence-corrected chi connectivity index (χ2v) is 6.68. The third-order valence-electron chi connectivity index (χ3n) is 3.01. The lowest BCUT2D eigenvalue weighted by atomic mass is 10.1. The maximum atomic E-state index is 8.70. The Morgan fingerprint density at radius 1 is 0.957 bits per heavy atom. The quantitative estimate of drug-likeness (QED) is 0.461. The third kappa shape index (κ3) is 8.92. The Morgan fingerprint density at radius 2 is 1.57 bits per heavy atom. The first-order valence-corrected chi connectivity index (χ1v) is 8.92. The van der Waals surface area contributed by atoms with Crippen LogP contribution in [-0.2, 0) is 0 Å². The molecule has 1 aromatic carbocycles. The Morgan fingerprint density at radius 3 is 2.17 bits per heavy atom. The molecule has 0 bridgehead atoms. The molecule has 1 aromatic rings. The molecule has 0 saturated heterocycles. The van der Waals surface area contributed by atoms with Crippen LogP contribution in [0, 0.1) is 0 Å². The number of hydrogen-bond acceptors (Lipinski definition) is 3. The summed E-state index contributed by atoms with van der Waals surface area (Å²) < 4.78 is 11.2. The fourth-order valence-corrected chi connectivity index (χ4v) is 2.58. The first-order chi connectivity index (χ1) is 11.0. The fourth-order valence-electron chi connectivity index (χ4n) is 1.88. The average Bonchev–Trinajstić information content (AvgIpc) is 2.48. The highest BCUT2D eigenvalue weighted by Crippen LogP contribution is 2.37. The lowest BCUT2D eigenvalue weighted by Crippen LogP contribution is -2.00. The summed E-state index contributed by atoms with van der Waals surface area (Å²) in [5, 5.41) is 9.50. The van der Waals surface area contributed by atoms with Gasteiger partial charge in [0.15, 0.2) is 5.75 Å². The molecule has 3 nitrogen and oxygen atoms in total. The van der Waals surface area contributed by atoms with Crippen molar-refractivity contribution in [1.82, 2.24) is 0 Å². The van der Waals surface area contributed by atoms with Crippen LogP contribution in [0.4, 0.5) is 0 Å². The molecule has 0 aromatic heterocycles. The van der Waals surface area contributed by atoms with Gasteiger partial charge in [-0.2, -0.15) is 0 Å². The molecule has 0 amide bonds. The van der Waals surface area contributed by atoms with E-state index in [4.69, 9.17) is 61.0 Å². The number of benzene rings is 1. The molecule has 1 N–H and O–H groups in total. The standard InChI is InChI=1S/C16H20Cl4O3/c17-13-10-12(22-9-6-15(19)20)11-14(18)16(13)23-8-5-3-1-2-4-7-21/h6,10-11,21H,1-5,7-9H2. The summed E-state index contributed by atoms with van der Waals surface area (Å²) in [6.07, 6.45) is 6.44. The molecule has 0 aliphatic rings. The largest absolute Gasteiger partial charge is 0.490 e. The van der Waals surface area contributed by atoms with E-state index in [1.807, 2.05) is 0 Å². The lowest BCUT2D eigenvalue weighted by Gasteiger charge is -2.12. The van der Waals surface area contributed by atoms with Gasteiger partial charge < -0.3 is 14.6 Å². The number of hydrogen-bond donors (Lipinski definition) is 1. The Kier molecular flexibility index (Phi) is 10.9. The highest BCUT2D eigenvalue weighted by atomic mass is 35.5. The second-order valence-electron chi connectivity index (χ2n) is 4.86. The minimum atomic E-state index is 0.140. The molecule has 0 aliphatic heterocycles. The number of unbranched alkanes of at least 4 members (excludes halogenated alkanes) is 4. The van der Waals surface area contributed by atoms with Crippen LogP contribution in [0.2, 0.25) is 10.0 Å². The van der Waals surface area contributed by atoms with Crippen molar-refractivity contribution < 1.29 is 14.6 Å². The molecular weight excluding hydrogens is 382 g/mol. The van der Waals surface area contributed by atoms with Crippen molar-refractivity contribution in [3.63, 3.8) is 0 Å². The van der Waals surface area contributed by atoms with Gasteiger partial charge in [0.2, 0.25) is 0 Å². The molecule has 0 spiro atoms. The minimum Gasteiger partial charge on any atom is -0.490 e. The molecule has 1 rings (SSSR count). The second kappa shape index (κ2) is 12.1. The van der Waals surface area contributed by atoms with Crippen molar-refractivity contribution in [3.05, 3.63) is 32.7 Å². The van der Waals surface area contributed by atoms with E-state index in [2.05, 4.69) is 0 Å². The van der Waals surface area contributed by atoms with Gasteiger partial charge >= 0.3 is 0 Å². The monoisotopic (exact) mass is 400 g/mol. The Bertz CT molecular complexity index is 479. The van der Waals surface area contributed by atoms with E-state index in [1.165, 1.54) is 6.08 Å². The van der Waals surface area contributed by atoms with E-state index >= 15 is 0 Å². The van der Waals surface area contributed by atoms with Crippen LogP contribution in [0.15, 0.2) is 22.7 Å². The first kappa shape index (κ1) is 20.7. The maximum Gasteiger partial charge on any atom is 0.156 e. The number of halogens is 4. The smallest absolute Gasteiger partial charge is 0.156 e. The summed E-state index contributed by atoms with van der Waals surface area (Å²) in [5.74, 6) is 0.976. The number of rotatable bonds is 11. The van der Waals surface area contributed by atoms with E-state index in [-0.39, 0.29) is 17.7 Å². The van der Waals surface area contributed by atoms with Gasteiger partial charge in [-0.3, -0.25) is 0 Å². The predicted octanol–water partition coefficient (Wildman–Crippen LogP) is 6.01. The molecule has 0 radical (unpaired) electrons. The fraction of sp³-hybridized carbons (Fsp3) is 0.500. The zero-order valence-corrected chi connectivity index (χ0v) is 15.7. The van der Waals surface area contributed by atoms with E-state index in [9.17, 15) is 0 Å². The number of aliphatic hydroxyl groups is 1. The van der Waals surface area contributed by atoms with Crippen molar-refractivity contribution in [1.29, 1.82) is 0 Å². The van der Waals surface area contributed by atoms with Crippen LogP contribution in [-0.4, -0.2) is 24.9 Å². The molecule has 0 unspecified atom stereocenters. The molecule has 0 atom stereocenters. The van der Waals surface area contributed by atoms with Gasteiger partial charge in [0.05, 0.1) is 16.7 Å². The summed E-state index contributed by atoms with van der Waals surface area (Å²) in [6.45, 7) is 1.02. The molecular formula is C16H20Cl4O3. The highest BCUT2D eigenvalue weighted by molar-refractivity contribution is 6.55. The molecule has 0 saturated carbocycles. The zero-order chi connectivity index (χ0) is 17.1. The first-order valence-electron chi connectivity index (χ1n) is 7.41. The average molecular weight is 402 g/mol. The highest BCUT2D eigenvalue weighted by Gasteiger charge is 2.10. The van der Waals surface area contributed by atoms with Gasteiger partial charge in [-0.05, 0) is 18.9 Å². The van der Waals surface area contributed by atoms with Gasteiger partial charge in [-0.25, -0.2) is 0 Å². The molecule has 23 heavy (non-hydrogen) atoms. The molecule has 130 valence electrons. The van der Waals surface area contributed by atoms with Crippen LogP contribution < -0.4 is 9.47 Å². The Hall–Kier alpha value is -0.320. The molecule has 0 fully saturated rings. The van der Waals surface area contributed by atoms with E-state index in [0.29, 0.717) is 28.2 Å². The third-order valence-corrected chi connectivity index (χ3v) is 3.88. The molecule has 0 aliphatic carbocycles. The van der Waals surface area contributed by atoms with Crippen LogP contribution in [0.3, 0.4) is 0 Å². The summed E-state index contributed by atoms with van der Waals surface area (Å²) in [4.78, 5) is 0. The van der Waals surface area contributed by atoms with E-state index in [0.717, 1.165) is 32.1 Å². The van der Waals surface area contributed by atoms with Gasteiger partial charge in [0, 0.05) is 18.7 Å². The lowest BCUT2D eigenvalue weighted by molar-refractivity contribution is 0.278. The van der Waals surface area contributed by atoms with Crippen LogP contribution in [0.25, 0.3) is 0 Å². The summed E-state index contributed by atoms with van der Waals surface area (Å²) >= 11 is 23.4. The van der Waals surface area contributed by atoms with Gasteiger partial charge in [0.25, 0.3) is 0 Å². The van der Waals surface area contributed by atoms with Crippen LogP contribution >= 0.6 is 46.4 Å².